The molecule has 0 rings (SSSR count). The van der Waals surface area contributed by atoms with Crippen molar-refractivity contribution in [3.8, 4) is 0 Å². The van der Waals surface area contributed by atoms with Crippen LogP contribution in [0.25, 0.3) is 0 Å². The van der Waals surface area contributed by atoms with E-state index in [0.29, 0.717) is 0 Å². The number of hydrogen-bond acceptors (Lipinski definition) is 2. The normalized spacial score (nSPS) is 5.29. The van der Waals surface area contributed by atoms with Crippen molar-refractivity contribution in [2.75, 3.05) is 6.54 Å². The molecule has 5 heteroatoms. The Labute approximate surface area is 47.0 Å². The predicted octanol–water partition coefficient (Wildman–Crippen LogP) is -1.37. The minimum absolute atomic E-state index is 0. The number of nitrogens with two attached hydrogens (primary N) is 1. The average molecular weight is 130 g/mol. The number of carboxylic acid groups (broad SMARTS) is 1. The highest BCUT2D eigenvalue weighted by molar-refractivity contribution is 5.85. The van der Waals surface area contributed by atoms with Crippen molar-refractivity contribution in [1.29, 1.82) is 0 Å². The van der Waals surface area contributed by atoms with Crippen LogP contribution in [0.5, 0.6) is 0 Å². The summed E-state index contributed by atoms with van der Waals surface area (Å²) in [6, 6.07) is 0. The molecule has 0 fully saturated rings. The van der Waals surface area contributed by atoms with Gasteiger partial charge in [0.05, 0.1) is 6.54 Å². The maximum Gasteiger partial charge on any atom is 0.317 e. The lowest BCUT2D eigenvalue weighted by atomic mass is 10.7. The summed E-state index contributed by atoms with van der Waals surface area (Å²) < 4.78 is 0. The van der Waals surface area contributed by atoms with E-state index >= 15 is 0 Å². The third kappa shape index (κ3) is 27.3. The van der Waals surface area contributed by atoms with E-state index in [0.717, 1.165) is 0 Å². The van der Waals surface area contributed by atoms with Gasteiger partial charge in [-0.15, -0.1) is 12.4 Å². The van der Waals surface area contributed by atoms with Gasteiger partial charge in [-0.05, 0) is 0 Å². The molecular formula is C2H8ClNO3. The fourth-order valence-electron chi connectivity index (χ4n) is 0. The Morgan fingerprint density at radius 2 is 1.86 bits per heavy atom. The third-order valence-electron chi connectivity index (χ3n) is 0.175. The molecule has 0 aromatic rings. The Bertz CT molecular complexity index is 48.2. The SMILES string of the molecule is Cl.NCC(=O)O.O. The first-order valence-electron chi connectivity index (χ1n) is 1.19. The van der Waals surface area contributed by atoms with E-state index in [1.165, 1.54) is 0 Å². The summed E-state index contributed by atoms with van der Waals surface area (Å²) in [5, 5.41) is 7.60. The second kappa shape index (κ2) is 9.19. The van der Waals surface area contributed by atoms with Crippen LogP contribution in [0.15, 0.2) is 0 Å². The van der Waals surface area contributed by atoms with Crippen LogP contribution in [-0.2, 0) is 4.79 Å². The summed E-state index contributed by atoms with van der Waals surface area (Å²) in [7, 11) is 0. The van der Waals surface area contributed by atoms with Gasteiger partial charge in [-0.1, -0.05) is 0 Å². The number of carbonyl (C=O) groups is 1. The van der Waals surface area contributed by atoms with Crippen molar-refractivity contribution in [3.63, 3.8) is 0 Å². The lowest BCUT2D eigenvalue weighted by molar-refractivity contribution is -0.135. The topological polar surface area (TPSA) is 94.8 Å². The molecule has 0 aliphatic heterocycles. The van der Waals surface area contributed by atoms with Crippen molar-refractivity contribution in [2.45, 2.75) is 0 Å². The van der Waals surface area contributed by atoms with Gasteiger partial charge in [-0.25, -0.2) is 0 Å². The molecule has 0 amide bonds. The average Bonchev–Trinajstić information content (AvgIpc) is 1.38. The highest BCUT2D eigenvalue weighted by Crippen LogP contribution is 1.43. The zero-order valence-electron chi connectivity index (χ0n) is 3.55. The van der Waals surface area contributed by atoms with Crippen LogP contribution >= 0.6 is 12.4 Å². The highest BCUT2D eigenvalue weighted by Gasteiger charge is 1.81. The quantitative estimate of drug-likeness (QED) is 0.457. The Hall–Kier alpha value is -0.320. The molecule has 5 N–H and O–H groups in total. The number of aliphatic carboxylic acids is 1. The zero-order valence-corrected chi connectivity index (χ0v) is 4.36. The summed E-state index contributed by atoms with van der Waals surface area (Å²) in [6.45, 7) is -0.278. The molecule has 0 saturated carbocycles. The second-order valence-corrected chi connectivity index (χ2v) is 0.598. The van der Waals surface area contributed by atoms with E-state index in [1.807, 2.05) is 0 Å². The number of rotatable bonds is 1. The first-order chi connectivity index (χ1) is 2.27. The van der Waals surface area contributed by atoms with Gasteiger partial charge < -0.3 is 16.3 Å². The van der Waals surface area contributed by atoms with Gasteiger partial charge in [0.15, 0.2) is 0 Å². The van der Waals surface area contributed by atoms with Crippen molar-refractivity contribution in [1.82, 2.24) is 0 Å². The lowest BCUT2D eigenvalue weighted by Crippen LogP contribution is -2.10. The molecule has 7 heavy (non-hydrogen) atoms. The summed E-state index contributed by atoms with van der Waals surface area (Å²) in [5.41, 5.74) is 4.57. The summed E-state index contributed by atoms with van der Waals surface area (Å²) in [6.07, 6.45) is 0. The van der Waals surface area contributed by atoms with Crippen molar-refractivity contribution in [3.05, 3.63) is 0 Å². The van der Waals surface area contributed by atoms with E-state index in [4.69, 9.17) is 5.11 Å². The van der Waals surface area contributed by atoms with Gasteiger partial charge in [0, 0.05) is 0 Å². The first-order valence-corrected chi connectivity index (χ1v) is 1.19. The molecule has 0 radical (unpaired) electrons. The molecule has 0 bridgehead atoms. The van der Waals surface area contributed by atoms with Crippen LogP contribution in [0.4, 0.5) is 0 Å². The first kappa shape index (κ1) is 15.9. The van der Waals surface area contributed by atoms with Crippen LogP contribution < -0.4 is 5.73 Å². The molecular weight excluding hydrogens is 121 g/mol. The van der Waals surface area contributed by atoms with Gasteiger partial charge in [-0.2, -0.15) is 0 Å². The summed E-state index contributed by atoms with van der Waals surface area (Å²) in [5.74, 6) is -0.968. The van der Waals surface area contributed by atoms with Gasteiger partial charge >= 0.3 is 5.97 Å². The maximum atomic E-state index is 9.24. The Balaban J connectivity index is -0.0000000800. The van der Waals surface area contributed by atoms with E-state index < -0.39 is 5.97 Å². The van der Waals surface area contributed by atoms with Crippen LogP contribution in [0.2, 0.25) is 0 Å². The molecule has 46 valence electrons. The number of carboxylic acids is 1. The van der Waals surface area contributed by atoms with Gasteiger partial charge in [-0.3, -0.25) is 4.79 Å². The molecule has 0 aromatic carbocycles. The molecule has 0 aliphatic rings. The van der Waals surface area contributed by atoms with Crippen molar-refractivity contribution >= 4 is 18.4 Å². The molecule has 0 atom stereocenters. The number of hydrogen-bond donors (Lipinski definition) is 2. The van der Waals surface area contributed by atoms with E-state index in [1.54, 1.807) is 0 Å². The predicted molar refractivity (Wildman–Crippen MR) is 27.6 cm³/mol. The monoisotopic (exact) mass is 129 g/mol. The van der Waals surface area contributed by atoms with Crippen LogP contribution in [-0.4, -0.2) is 23.1 Å². The lowest BCUT2D eigenvalue weighted by Gasteiger charge is -1.73. The second-order valence-electron chi connectivity index (χ2n) is 0.598. The fraction of sp³-hybridized carbons (Fsp3) is 0.500. The van der Waals surface area contributed by atoms with Crippen molar-refractivity contribution in [2.24, 2.45) is 5.73 Å². The van der Waals surface area contributed by atoms with Crippen LogP contribution in [0.1, 0.15) is 0 Å². The van der Waals surface area contributed by atoms with Crippen LogP contribution in [0.3, 0.4) is 0 Å². The largest absolute Gasteiger partial charge is 0.480 e. The molecule has 0 aliphatic carbocycles. The van der Waals surface area contributed by atoms with E-state index in [2.05, 4.69) is 5.73 Å². The molecule has 0 saturated heterocycles. The third-order valence-corrected chi connectivity index (χ3v) is 0.175. The zero-order chi connectivity index (χ0) is 4.28. The summed E-state index contributed by atoms with van der Waals surface area (Å²) in [4.78, 5) is 9.24. The maximum absolute atomic E-state index is 9.24. The highest BCUT2D eigenvalue weighted by atomic mass is 35.5. The van der Waals surface area contributed by atoms with Crippen molar-refractivity contribution < 1.29 is 15.4 Å². The molecule has 4 nitrogen and oxygen atoms in total. The smallest absolute Gasteiger partial charge is 0.317 e. The number of halogens is 1. The molecule has 0 spiro atoms. The standard InChI is InChI=1S/C2H5NO2.ClH.H2O/c3-1-2(4)5;;/h1,3H2,(H,4,5);1H;1H2. The van der Waals surface area contributed by atoms with Gasteiger partial charge in [0.2, 0.25) is 0 Å². The van der Waals surface area contributed by atoms with Gasteiger partial charge in [0.25, 0.3) is 0 Å². The fourth-order valence-corrected chi connectivity index (χ4v) is 0. The Kier molecular flexibility index (Phi) is 20.9. The minimum atomic E-state index is -0.968. The minimum Gasteiger partial charge on any atom is -0.480 e. The van der Waals surface area contributed by atoms with Gasteiger partial charge in [0.1, 0.15) is 0 Å². The summed E-state index contributed by atoms with van der Waals surface area (Å²) >= 11 is 0. The van der Waals surface area contributed by atoms with E-state index in [9.17, 15) is 4.79 Å². The molecule has 0 heterocycles. The molecule has 0 unspecified atom stereocenters. The van der Waals surface area contributed by atoms with Crippen LogP contribution in [0, 0.1) is 0 Å². The molecule has 0 aromatic heterocycles. The Morgan fingerprint density at radius 1 is 1.71 bits per heavy atom. The van der Waals surface area contributed by atoms with E-state index in [-0.39, 0.29) is 24.4 Å². The Morgan fingerprint density at radius 3 is 1.86 bits per heavy atom.